The number of aliphatic carboxylic acids is 1. The first-order valence-corrected chi connectivity index (χ1v) is 19.8. The van der Waals surface area contributed by atoms with Crippen molar-refractivity contribution in [2.24, 2.45) is 11.8 Å². The SMILES string of the molecule is CCC(C)NC(=O)c1ccc(OC2=CC(C)C(C(=O)Nc3cc(C)c(-c4cc(C(O)(C(F)(F)F)C(F)(F)F)c(C(C)C)cc4C)cc3C(O)(C(F)(F)F)C(F)(F)F)C(C(=O)O)=C2)cc1C(=O)O. The first-order valence-electron chi connectivity index (χ1n) is 19.8. The van der Waals surface area contributed by atoms with Gasteiger partial charge in [0.15, 0.2) is 0 Å². The quantitative estimate of drug-likeness (QED) is 0.0909. The Morgan fingerprint density at radius 2 is 1.19 bits per heavy atom. The van der Waals surface area contributed by atoms with Crippen LogP contribution in [0.3, 0.4) is 0 Å². The summed E-state index contributed by atoms with van der Waals surface area (Å²) < 4.78 is 179. The van der Waals surface area contributed by atoms with Crippen molar-refractivity contribution in [2.45, 2.75) is 103 Å². The molecule has 23 heteroatoms. The number of aliphatic hydroxyl groups is 2. The van der Waals surface area contributed by atoms with Gasteiger partial charge in [-0.25, -0.2) is 9.59 Å². The first kappa shape index (κ1) is 53.5. The number of allylic oxidation sites excluding steroid dienone is 2. The molecule has 0 heterocycles. The largest absolute Gasteiger partial charge is 0.478 e. The van der Waals surface area contributed by atoms with E-state index in [1.807, 2.05) is 0 Å². The van der Waals surface area contributed by atoms with Crippen molar-refractivity contribution in [3.05, 3.63) is 105 Å². The molecular formula is C44H42F12N2O9. The third-order valence-corrected chi connectivity index (χ3v) is 11.2. The van der Waals surface area contributed by atoms with E-state index in [1.165, 1.54) is 6.92 Å². The van der Waals surface area contributed by atoms with E-state index in [-0.39, 0.29) is 40.8 Å². The number of anilines is 1. The van der Waals surface area contributed by atoms with E-state index in [9.17, 15) is 92.3 Å². The van der Waals surface area contributed by atoms with Crippen LogP contribution in [0.25, 0.3) is 11.1 Å². The highest BCUT2D eigenvalue weighted by Crippen LogP contribution is 2.55. The van der Waals surface area contributed by atoms with E-state index in [0.717, 1.165) is 64.1 Å². The van der Waals surface area contributed by atoms with Gasteiger partial charge in [0, 0.05) is 22.9 Å². The van der Waals surface area contributed by atoms with Crippen LogP contribution in [0, 0.1) is 25.7 Å². The number of rotatable bonds is 13. The molecule has 1 aliphatic carbocycles. The van der Waals surface area contributed by atoms with Gasteiger partial charge in [0.05, 0.1) is 22.6 Å². The van der Waals surface area contributed by atoms with Crippen LogP contribution in [-0.2, 0) is 20.8 Å². The number of alkyl halides is 12. The molecule has 0 aliphatic heterocycles. The average Bonchev–Trinajstić information content (AvgIpc) is 3.18. The van der Waals surface area contributed by atoms with Crippen molar-refractivity contribution in [3.63, 3.8) is 0 Å². The van der Waals surface area contributed by atoms with Crippen molar-refractivity contribution < 1.29 is 97.0 Å². The van der Waals surface area contributed by atoms with Gasteiger partial charge >= 0.3 is 36.6 Å². The second kappa shape index (κ2) is 18.5. The zero-order valence-electron chi connectivity index (χ0n) is 36.1. The van der Waals surface area contributed by atoms with Gasteiger partial charge in [-0.1, -0.05) is 33.8 Å². The minimum absolute atomic E-state index is 0.0535. The van der Waals surface area contributed by atoms with Crippen LogP contribution in [0.5, 0.6) is 5.75 Å². The molecule has 67 heavy (non-hydrogen) atoms. The minimum Gasteiger partial charge on any atom is -0.478 e. The molecule has 0 aromatic heterocycles. The summed E-state index contributed by atoms with van der Waals surface area (Å²) in [4.78, 5) is 51.3. The van der Waals surface area contributed by atoms with Gasteiger partial charge in [-0.05, 0) is 115 Å². The van der Waals surface area contributed by atoms with Crippen molar-refractivity contribution >= 4 is 29.4 Å². The average molecular weight is 971 g/mol. The fourth-order valence-corrected chi connectivity index (χ4v) is 7.42. The van der Waals surface area contributed by atoms with E-state index in [2.05, 4.69) is 5.32 Å². The van der Waals surface area contributed by atoms with Gasteiger partial charge in [-0.2, -0.15) is 52.7 Å². The lowest BCUT2D eigenvalue weighted by Gasteiger charge is -2.36. The second-order valence-electron chi connectivity index (χ2n) is 16.2. The van der Waals surface area contributed by atoms with Gasteiger partial charge in [0.1, 0.15) is 11.5 Å². The number of carbonyl (C=O) groups excluding carboxylic acids is 2. The topological polar surface area (TPSA) is 182 Å². The summed E-state index contributed by atoms with van der Waals surface area (Å²) >= 11 is 0. The van der Waals surface area contributed by atoms with Crippen LogP contribution in [0.4, 0.5) is 58.4 Å². The monoisotopic (exact) mass is 970 g/mol. The van der Waals surface area contributed by atoms with Crippen LogP contribution in [0.15, 0.2) is 65.9 Å². The van der Waals surface area contributed by atoms with Crippen LogP contribution in [0.1, 0.15) is 95.5 Å². The summed E-state index contributed by atoms with van der Waals surface area (Å²) in [6.45, 7) is 8.87. The number of hydrogen-bond donors (Lipinski definition) is 6. The van der Waals surface area contributed by atoms with Crippen LogP contribution in [0.2, 0.25) is 0 Å². The zero-order chi connectivity index (χ0) is 51.3. The molecule has 3 aromatic carbocycles. The molecule has 0 saturated heterocycles. The van der Waals surface area contributed by atoms with Crippen LogP contribution >= 0.6 is 0 Å². The molecule has 366 valence electrons. The third kappa shape index (κ3) is 10.1. The number of halogens is 12. The normalized spacial score (nSPS) is 16.8. The molecule has 0 saturated carbocycles. The molecule has 11 nitrogen and oxygen atoms in total. The highest BCUT2D eigenvalue weighted by molar-refractivity contribution is 6.05. The Hall–Kier alpha value is -6.10. The summed E-state index contributed by atoms with van der Waals surface area (Å²) in [6, 6.07) is 4.01. The summed E-state index contributed by atoms with van der Waals surface area (Å²) in [5, 5.41) is 45.4. The van der Waals surface area contributed by atoms with Crippen molar-refractivity contribution in [1.29, 1.82) is 0 Å². The molecule has 3 unspecified atom stereocenters. The summed E-state index contributed by atoms with van der Waals surface area (Å²) in [7, 11) is 0. The Morgan fingerprint density at radius 3 is 1.66 bits per heavy atom. The first-order chi connectivity index (χ1) is 30.4. The van der Waals surface area contributed by atoms with E-state index in [4.69, 9.17) is 4.74 Å². The zero-order valence-corrected chi connectivity index (χ0v) is 36.1. The maximum absolute atomic E-state index is 14.6. The van der Waals surface area contributed by atoms with Crippen molar-refractivity contribution in [3.8, 4) is 16.9 Å². The Balaban J connectivity index is 1.91. The number of carboxylic acids is 2. The maximum atomic E-state index is 14.6. The second-order valence-corrected chi connectivity index (χ2v) is 16.2. The Labute approximate surface area is 373 Å². The highest BCUT2D eigenvalue weighted by atomic mass is 19.4. The maximum Gasteiger partial charge on any atom is 0.430 e. The molecule has 6 N–H and O–H groups in total. The number of hydrogen-bond acceptors (Lipinski definition) is 7. The molecule has 0 spiro atoms. The molecule has 4 rings (SSSR count). The molecule has 0 radical (unpaired) electrons. The molecule has 0 bridgehead atoms. The summed E-state index contributed by atoms with van der Waals surface area (Å²) in [5.74, 6) is -10.9. The van der Waals surface area contributed by atoms with E-state index < -0.39 is 128 Å². The van der Waals surface area contributed by atoms with Gasteiger partial charge in [-0.15, -0.1) is 0 Å². The fraction of sp³-hybridized carbons (Fsp3) is 0.409. The fourth-order valence-electron chi connectivity index (χ4n) is 7.42. The predicted octanol–water partition coefficient (Wildman–Crippen LogP) is 10.1. The lowest BCUT2D eigenvalue weighted by atomic mass is 9.79. The summed E-state index contributed by atoms with van der Waals surface area (Å²) in [6.07, 6.45) is -24.1. The van der Waals surface area contributed by atoms with Crippen LogP contribution < -0.4 is 15.4 Å². The predicted molar refractivity (Wildman–Crippen MR) is 214 cm³/mol. The van der Waals surface area contributed by atoms with Gasteiger partial charge in [0.2, 0.25) is 5.91 Å². The molecule has 1 aliphatic rings. The molecule has 3 aromatic rings. The summed E-state index contributed by atoms with van der Waals surface area (Å²) in [5.41, 5.74) is -22.1. The lowest BCUT2D eigenvalue weighted by molar-refractivity contribution is -0.376. The standard InChI is InChI=1S/C44H42F12N2O9/c1-8-22(7)57-35(59)25-10-9-23(14-29(25)37(61)62)67-24-11-21(6)34(30(15-24)38(63)64)36(60)58-33-13-20(5)28(17-32(33)40(66,43(51,52)53)44(54,55)56)27-16-31(26(18(2)3)12-19(27)4)39(65,41(45,46)47)42(48,49)50/h9-18,21-22,34,65-66H,8H2,1-7H3,(H,57,59)(H,58,60)(H,61,62)(H,63,64). The van der Waals surface area contributed by atoms with Gasteiger partial charge < -0.3 is 35.8 Å². The molecule has 2 amide bonds. The van der Waals surface area contributed by atoms with E-state index in [0.29, 0.717) is 12.5 Å². The Bertz CT molecular complexity index is 2490. The number of amides is 2. The number of aromatic carboxylic acids is 1. The number of ether oxygens (including phenoxy) is 1. The van der Waals surface area contributed by atoms with Crippen molar-refractivity contribution in [2.75, 3.05) is 5.32 Å². The van der Waals surface area contributed by atoms with E-state index >= 15 is 0 Å². The van der Waals surface area contributed by atoms with Crippen LogP contribution in [-0.4, -0.2) is 74.9 Å². The molecule has 3 atom stereocenters. The Kier molecular flexibility index (Phi) is 14.8. The number of nitrogens with one attached hydrogen (secondary N) is 2. The molecular weight excluding hydrogens is 928 g/mol. The lowest BCUT2D eigenvalue weighted by Crippen LogP contribution is -2.54. The van der Waals surface area contributed by atoms with Gasteiger partial charge in [-0.3, -0.25) is 9.59 Å². The number of aryl methyl sites for hydroxylation is 2. The number of carbonyl (C=O) groups is 4. The Morgan fingerprint density at radius 1 is 0.701 bits per heavy atom. The number of benzene rings is 3. The van der Waals surface area contributed by atoms with E-state index in [1.54, 1.807) is 19.2 Å². The number of carboxylic acid groups (broad SMARTS) is 2. The minimum atomic E-state index is -6.71. The highest BCUT2D eigenvalue weighted by Gasteiger charge is 2.73. The van der Waals surface area contributed by atoms with Crippen molar-refractivity contribution in [1.82, 2.24) is 5.32 Å². The third-order valence-electron chi connectivity index (χ3n) is 11.2. The van der Waals surface area contributed by atoms with Gasteiger partial charge in [0.25, 0.3) is 17.1 Å². The molecule has 0 fully saturated rings. The smallest absolute Gasteiger partial charge is 0.430 e.